The maximum atomic E-state index is 13.0. The Bertz CT molecular complexity index is 505. The average molecular weight is 305 g/mol. The Hall–Kier alpha value is -1.63. The van der Waals surface area contributed by atoms with Crippen molar-refractivity contribution < 1.29 is 28.5 Å². The maximum Gasteiger partial charge on any atom is 0.393 e. The molecule has 0 aliphatic heterocycles. The molecule has 0 radical (unpaired) electrons. The van der Waals surface area contributed by atoms with Crippen LogP contribution < -0.4 is 5.32 Å². The summed E-state index contributed by atoms with van der Waals surface area (Å²) in [6.45, 7) is -0.00306. The average Bonchev–Trinajstić information content (AvgIpc) is 2.43. The van der Waals surface area contributed by atoms with Gasteiger partial charge in [-0.1, -0.05) is 18.9 Å². The molecule has 0 spiro atoms. The molecule has 2 atom stereocenters. The van der Waals surface area contributed by atoms with Crippen LogP contribution in [0.5, 0.6) is 17.2 Å². The molecule has 0 heterocycles. The molecule has 1 aromatic rings. The van der Waals surface area contributed by atoms with Crippen molar-refractivity contribution in [1.82, 2.24) is 5.32 Å². The predicted octanol–water partition coefficient (Wildman–Crippen LogP) is 3.01. The Morgan fingerprint density at radius 1 is 1.05 bits per heavy atom. The Morgan fingerprint density at radius 3 is 2.38 bits per heavy atom. The van der Waals surface area contributed by atoms with Gasteiger partial charge in [0.1, 0.15) is 0 Å². The van der Waals surface area contributed by atoms with Gasteiger partial charge in [-0.25, -0.2) is 0 Å². The highest BCUT2D eigenvalue weighted by molar-refractivity contribution is 5.53. The predicted molar refractivity (Wildman–Crippen MR) is 70.1 cm³/mol. The molecule has 2 unspecified atom stereocenters. The lowest BCUT2D eigenvalue weighted by atomic mass is 9.84. The van der Waals surface area contributed by atoms with Gasteiger partial charge in [-0.2, -0.15) is 13.2 Å². The first kappa shape index (κ1) is 15.8. The van der Waals surface area contributed by atoms with E-state index in [4.69, 9.17) is 0 Å². The van der Waals surface area contributed by atoms with Gasteiger partial charge in [0, 0.05) is 18.2 Å². The molecule has 4 N–H and O–H groups in total. The molecule has 0 amide bonds. The van der Waals surface area contributed by atoms with Crippen LogP contribution in [-0.2, 0) is 6.54 Å². The van der Waals surface area contributed by atoms with Gasteiger partial charge >= 0.3 is 6.18 Å². The number of halogens is 3. The fourth-order valence-corrected chi connectivity index (χ4v) is 2.76. The second-order valence-electron chi connectivity index (χ2n) is 5.36. The number of hydrogen-bond donors (Lipinski definition) is 4. The molecular formula is C14H18F3NO3. The van der Waals surface area contributed by atoms with Gasteiger partial charge in [-0.3, -0.25) is 0 Å². The number of phenols is 3. The zero-order valence-electron chi connectivity index (χ0n) is 11.3. The van der Waals surface area contributed by atoms with Crippen LogP contribution >= 0.6 is 0 Å². The monoisotopic (exact) mass is 305 g/mol. The van der Waals surface area contributed by atoms with Crippen molar-refractivity contribution in [3.05, 3.63) is 17.7 Å². The fourth-order valence-electron chi connectivity index (χ4n) is 2.76. The lowest BCUT2D eigenvalue weighted by Crippen LogP contribution is -2.45. The Kier molecular flexibility index (Phi) is 4.51. The van der Waals surface area contributed by atoms with Crippen molar-refractivity contribution in [2.45, 2.75) is 44.4 Å². The van der Waals surface area contributed by atoms with E-state index in [0.29, 0.717) is 12.8 Å². The summed E-state index contributed by atoms with van der Waals surface area (Å²) < 4.78 is 38.9. The highest BCUT2D eigenvalue weighted by Crippen LogP contribution is 2.39. The molecular weight excluding hydrogens is 287 g/mol. The minimum atomic E-state index is -4.24. The minimum absolute atomic E-state index is 0.00306. The van der Waals surface area contributed by atoms with Crippen LogP contribution in [0.4, 0.5) is 13.2 Å². The van der Waals surface area contributed by atoms with Gasteiger partial charge in [0.05, 0.1) is 5.92 Å². The maximum absolute atomic E-state index is 13.0. The number of rotatable bonds is 3. The first-order chi connectivity index (χ1) is 9.80. The Labute approximate surface area is 120 Å². The standard InChI is InChI=1S/C14H18F3NO3/c15-14(16,17)9-3-1-2-4-10(9)18-7-8-5-6-11(19)13(21)12(8)20/h5-6,9-10,18-21H,1-4,7H2. The summed E-state index contributed by atoms with van der Waals surface area (Å²) in [5.74, 6) is -3.03. The molecule has 0 aromatic heterocycles. The van der Waals surface area contributed by atoms with E-state index in [1.165, 1.54) is 12.1 Å². The summed E-state index contributed by atoms with van der Waals surface area (Å²) in [4.78, 5) is 0. The third kappa shape index (κ3) is 3.53. The summed E-state index contributed by atoms with van der Waals surface area (Å²) >= 11 is 0. The third-order valence-electron chi connectivity index (χ3n) is 3.95. The summed E-state index contributed by atoms with van der Waals surface area (Å²) in [6.07, 6.45) is -2.41. The van der Waals surface area contributed by atoms with Crippen LogP contribution in [0.2, 0.25) is 0 Å². The lowest BCUT2D eigenvalue weighted by Gasteiger charge is -2.33. The van der Waals surface area contributed by atoms with Gasteiger partial charge in [0.2, 0.25) is 5.75 Å². The number of benzene rings is 1. The van der Waals surface area contributed by atoms with E-state index in [0.717, 1.165) is 6.42 Å². The van der Waals surface area contributed by atoms with Crippen LogP contribution in [-0.4, -0.2) is 27.5 Å². The fraction of sp³-hybridized carbons (Fsp3) is 0.571. The van der Waals surface area contributed by atoms with Gasteiger partial charge in [-0.15, -0.1) is 0 Å². The first-order valence-corrected chi connectivity index (χ1v) is 6.83. The van der Waals surface area contributed by atoms with Crippen LogP contribution in [0.25, 0.3) is 0 Å². The van der Waals surface area contributed by atoms with Gasteiger partial charge in [0.25, 0.3) is 0 Å². The Balaban J connectivity index is 2.06. The largest absolute Gasteiger partial charge is 0.504 e. The molecule has 2 rings (SSSR count). The van der Waals surface area contributed by atoms with E-state index >= 15 is 0 Å². The number of nitrogens with one attached hydrogen (secondary N) is 1. The lowest BCUT2D eigenvalue weighted by molar-refractivity contribution is -0.189. The second-order valence-corrected chi connectivity index (χ2v) is 5.36. The number of hydrogen-bond acceptors (Lipinski definition) is 4. The summed E-state index contributed by atoms with van der Waals surface area (Å²) in [5, 5.41) is 31.1. The molecule has 1 aromatic carbocycles. The summed E-state index contributed by atoms with van der Waals surface area (Å²) in [6, 6.07) is 1.85. The van der Waals surface area contributed by atoms with Crippen molar-refractivity contribution in [3.63, 3.8) is 0 Å². The zero-order chi connectivity index (χ0) is 15.6. The molecule has 0 saturated heterocycles. The van der Waals surface area contributed by atoms with Crippen molar-refractivity contribution >= 4 is 0 Å². The second kappa shape index (κ2) is 6.01. The molecule has 1 aliphatic carbocycles. The van der Waals surface area contributed by atoms with Gasteiger partial charge < -0.3 is 20.6 Å². The highest BCUT2D eigenvalue weighted by atomic mass is 19.4. The highest BCUT2D eigenvalue weighted by Gasteiger charge is 2.45. The van der Waals surface area contributed by atoms with E-state index in [1.807, 2.05) is 0 Å². The number of aromatic hydroxyl groups is 3. The topological polar surface area (TPSA) is 72.7 Å². The zero-order valence-corrected chi connectivity index (χ0v) is 11.3. The van der Waals surface area contributed by atoms with E-state index in [2.05, 4.69) is 5.32 Å². The first-order valence-electron chi connectivity index (χ1n) is 6.83. The van der Waals surface area contributed by atoms with Gasteiger partial charge in [-0.05, 0) is 18.9 Å². The van der Waals surface area contributed by atoms with Crippen molar-refractivity contribution in [2.75, 3.05) is 0 Å². The van der Waals surface area contributed by atoms with Crippen LogP contribution in [0.3, 0.4) is 0 Å². The summed E-state index contributed by atoms with van der Waals surface area (Å²) in [7, 11) is 0. The molecule has 4 nitrogen and oxygen atoms in total. The molecule has 1 aliphatic rings. The number of alkyl halides is 3. The number of phenolic OH excluding ortho intramolecular Hbond substituents is 3. The van der Waals surface area contributed by atoms with Crippen LogP contribution in [0.15, 0.2) is 12.1 Å². The molecule has 1 fully saturated rings. The normalized spacial score (nSPS) is 23.2. The van der Waals surface area contributed by atoms with Crippen molar-refractivity contribution in [2.24, 2.45) is 5.92 Å². The molecule has 21 heavy (non-hydrogen) atoms. The van der Waals surface area contributed by atoms with Crippen molar-refractivity contribution in [3.8, 4) is 17.2 Å². The van der Waals surface area contributed by atoms with E-state index in [9.17, 15) is 28.5 Å². The van der Waals surface area contributed by atoms with Crippen LogP contribution in [0.1, 0.15) is 31.2 Å². The third-order valence-corrected chi connectivity index (χ3v) is 3.95. The van der Waals surface area contributed by atoms with Crippen molar-refractivity contribution in [1.29, 1.82) is 0 Å². The van der Waals surface area contributed by atoms with E-state index in [1.54, 1.807) is 0 Å². The molecule has 7 heteroatoms. The smallest absolute Gasteiger partial charge is 0.393 e. The van der Waals surface area contributed by atoms with Crippen LogP contribution in [0, 0.1) is 5.92 Å². The molecule has 0 bridgehead atoms. The quantitative estimate of drug-likeness (QED) is 0.648. The SMILES string of the molecule is Oc1ccc(CNC2CCCCC2C(F)(F)F)c(O)c1O. The molecule has 1 saturated carbocycles. The van der Waals surface area contributed by atoms with Gasteiger partial charge in [0.15, 0.2) is 11.5 Å². The minimum Gasteiger partial charge on any atom is -0.504 e. The van der Waals surface area contributed by atoms with E-state index in [-0.39, 0.29) is 18.5 Å². The van der Waals surface area contributed by atoms with E-state index < -0.39 is 35.4 Å². The Morgan fingerprint density at radius 2 is 1.71 bits per heavy atom. The molecule has 118 valence electrons. The summed E-state index contributed by atoms with van der Waals surface area (Å²) in [5.41, 5.74) is 0.247.